The number of nitrogens with one attached hydrogen (secondary N) is 2. The molecule has 3 rings (SSSR count). The molecule has 2 atom stereocenters. The zero-order valence-corrected chi connectivity index (χ0v) is 20.3. The van der Waals surface area contributed by atoms with Gasteiger partial charge in [-0.2, -0.15) is 0 Å². The van der Waals surface area contributed by atoms with Crippen LogP contribution in [0.4, 0.5) is 16.2 Å². The third-order valence-corrected chi connectivity index (χ3v) is 5.31. The summed E-state index contributed by atoms with van der Waals surface area (Å²) in [6, 6.07) is 22.0. The zero-order chi connectivity index (χ0) is 26.6. The van der Waals surface area contributed by atoms with Crippen molar-refractivity contribution >= 4 is 29.3 Å². The van der Waals surface area contributed by atoms with Crippen molar-refractivity contribution < 1.29 is 29.0 Å². The van der Waals surface area contributed by atoms with Gasteiger partial charge in [-0.25, -0.2) is 4.79 Å². The lowest BCUT2D eigenvalue weighted by Crippen LogP contribution is -2.33. The Hall–Kier alpha value is -4.63. The molecule has 0 saturated carbocycles. The minimum Gasteiger partial charge on any atom is -0.491 e. The molecular formula is C28H29N3O6. The number of nitrogens with two attached hydrogens (primary N) is 1. The maximum absolute atomic E-state index is 12.7. The Labute approximate surface area is 214 Å². The van der Waals surface area contributed by atoms with Gasteiger partial charge in [0.05, 0.1) is 18.0 Å². The molecule has 3 aromatic carbocycles. The second-order valence-electron chi connectivity index (χ2n) is 8.05. The Morgan fingerprint density at radius 1 is 0.973 bits per heavy atom. The molecule has 5 N–H and O–H groups in total. The summed E-state index contributed by atoms with van der Waals surface area (Å²) in [6.07, 6.45) is 1.01. The van der Waals surface area contributed by atoms with Gasteiger partial charge < -0.3 is 25.6 Å². The summed E-state index contributed by atoms with van der Waals surface area (Å²) < 4.78 is 11.3. The van der Waals surface area contributed by atoms with Crippen LogP contribution in [0.2, 0.25) is 0 Å². The van der Waals surface area contributed by atoms with Crippen molar-refractivity contribution in [1.29, 1.82) is 0 Å². The number of rotatable bonds is 10. The molecule has 3 aromatic rings. The number of aliphatic hydroxyl groups is 1. The number of aliphatic hydroxyl groups excluding tert-OH is 1. The number of ether oxygens (including phenoxy) is 2. The highest BCUT2D eigenvalue weighted by Gasteiger charge is 2.26. The number of benzene rings is 3. The van der Waals surface area contributed by atoms with Gasteiger partial charge in [-0.3, -0.25) is 14.9 Å². The van der Waals surface area contributed by atoms with Gasteiger partial charge in [-0.15, -0.1) is 0 Å². The van der Waals surface area contributed by atoms with Crippen LogP contribution < -0.4 is 21.1 Å². The molecule has 0 aliphatic rings. The minimum atomic E-state index is -0.961. The highest BCUT2D eigenvalue weighted by atomic mass is 16.6. The first-order valence-electron chi connectivity index (χ1n) is 11.6. The maximum Gasteiger partial charge on any atom is 0.414 e. The van der Waals surface area contributed by atoms with E-state index in [-0.39, 0.29) is 13.2 Å². The Kier molecular flexibility index (Phi) is 9.81. The van der Waals surface area contributed by atoms with Crippen molar-refractivity contribution in [2.24, 2.45) is 5.92 Å². The number of amides is 3. The lowest BCUT2D eigenvalue weighted by atomic mass is 9.95. The highest BCUT2D eigenvalue weighted by molar-refractivity contribution is 6.03. The first-order chi connectivity index (χ1) is 17.9. The molecule has 37 heavy (non-hydrogen) atoms. The third-order valence-electron chi connectivity index (χ3n) is 5.31. The first kappa shape index (κ1) is 27.0. The van der Waals surface area contributed by atoms with Gasteiger partial charge in [0.15, 0.2) is 0 Å². The predicted octanol–water partition coefficient (Wildman–Crippen LogP) is 4.08. The smallest absolute Gasteiger partial charge is 0.414 e. The molecule has 0 spiro atoms. The number of imide groups is 1. The van der Waals surface area contributed by atoms with Crippen molar-refractivity contribution in [3.63, 3.8) is 0 Å². The summed E-state index contributed by atoms with van der Waals surface area (Å²) in [6.45, 7) is 1.58. The number of carbonyl (C=O) groups excluding carboxylic acids is 3. The van der Waals surface area contributed by atoms with Crippen molar-refractivity contribution in [2.75, 3.05) is 24.3 Å². The molecule has 9 heteroatoms. The third kappa shape index (κ3) is 7.94. The van der Waals surface area contributed by atoms with Gasteiger partial charge >= 0.3 is 6.09 Å². The Morgan fingerprint density at radius 2 is 1.65 bits per heavy atom. The summed E-state index contributed by atoms with van der Waals surface area (Å²) in [5.74, 6) is -1.16. The Morgan fingerprint density at radius 3 is 2.38 bits per heavy atom. The van der Waals surface area contributed by atoms with Crippen molar-refractivity contribution in [2.45, 2.75) is 13.0 Å². The summed E-state index contributed by atoms with van der Waals surface area (Å²) in [7, 11) is 0. The number of hydrogen-bond acceptors (Lipinski definition) is 7. The molecule has 0 bridgehead atoms. The van der Waals surface area contributed by atoms with E-state index in [1.54, 1.807) is 91.9 Å². The summed E-state index contributed by atoms with van der Waals surface area (Å²) in [4.78, 5) is 37.6. The molecule has 192 valence electrons. The van der Waals surface area contributed by atoms with E-state index in [0.29, 0.717) is 28.3 Å². The first-order valence-corrected chi connectivity index (χ1v) is 11.6. The van der Waals surface area contributed by atoms with E-state index in [9.17, 15) is 19.5 Å². The van der Waals surface area contributed by atoms with E-state index in [4.69, 9.17) is 15.2 Å². The van der Waals surface area contributed by atoms with Crippen LogP contribution in [0.3, 0.4) is 0 Å². The predicted molar refractivity (Wildman–Crippen MR) is 140 cm³/mol. The number of para-hydroxylation sites is 3. The molecule has 0 saturated heterocycles. The molecule has 0 heterocycles. The molecule has 3 amide bonds. The van der Waals surface area contributed by atoms with Crippen molar-refractivity contribution in [1.82, 2.24) is 5.32 Å². The van der Waals surface area contributed by atoms with Crippen LogP contribution in [0.5, 0.6) is 5.75 Å². The lowest BCUT2D eigenvalue weighted by Gasteiger charge is -2.24. The fourth-order valence-corrected chi connectivity index (χ4v) is 3.48. The van der Waals surface area contributed by atoms with Gasteiger partial charge in [0.1, 0.15) is 18.5 Å². The van der Waals surface area contributed by atoms with E-state index >= 15 is 0 Å². The molecule has 0 unspecified atom stereocenters. The van der Waals surface area contributed by atoms with Crippen LogP contribution in [-0.4, -0.2) is 36.2 Å². The van der Waals surface area contributed by atoms with Crippen molar-refractivity contribution in [3.05, 3.63) is 102 Å². The van der Waals surface area contributed by atoms with Crippen LogP contribution in [-0.2, 0) is 9.53 Å². The molecule has 0 fully saturated rings. The Balaban J connectivity index is 1.80. The maximum atomic E-state index is 12.7. The molecule has 0 radical (unpaired) electrons. The summed E-state index contributed by atoms with van der Waals surface area (Å²) >= 11 is 0. The topological polar surface area (TPSA) is 140 Å². The van der Waals surface area contributed by atoms with Gasteiger partial charge in [-0.05, 0) is 36.4 Å². The normalized spacial score (nSPS) is 12.4. The monoisotopic (exact) mass is 503 g/mol. The number of alkyl carbamates (subject to hydrolysis) is 1. The standard InChI is InChI=1S/C28H29N3O6/c1-19(15-16-25(33)30-23-13-7-6-12-22(23)29)26(21-11-5-8-14-24(21)36-18-17-32)37-28(35)31-27(34)20-9-3-2-4-10-20/h2-16,19,26,32H,17-18,29H2,1H3,(H,30,33)(H,31,34,35)/b16-15+/t19-,26+/m1/s1. The molecule has 0 aliphatic heterocycles. The largest absolute Gasteiger partial charge is 0.491 e. The van der Waals surface area contributed by atoms with E-state index in [2.05, 4.69) is 10.6 Å². The van der Waals surface area contributed by atoms with E-state index in [1.807, 2.05) is 0 Å². The summed E-state index contributed by atoms with van der Waals surface area (Å²) in [5, 5.41) is 14.1. The molecule has 0 aliphatic carbocycles. The Bertz CT molecular complexity index is 1250. The molecule has 0 aromatic heterocycles. The van der Waals surface area contributed by atoms with Gasteiger partial charge in [0.2, 0.25) is 5.91 Å². The van der Waals surface area contributed by atoms with Crippen LogP contribution in [0.1, 0.15) is 28.9 Å². The van der Waals surface area contributed by atoms with Crippen LogP contribution in [0.15, 0.2) is 91.0 Å². The van der Waals surface area contributed by atoms with Gasteiger partial charge in [0, 0.05) is 17.0 Å². The SMILES string of the molecule is C[C@H](/C=C/C(=O)Nc1ccccc1N)[C@H](OC(=O)NC(=O)c1ccccc1)c1ccccc1OCCO. The zero-order valence-electron chi connectivity index (χ0n) is 20.3. The molecular weight excluding hydrogens is 474 g/mol. The van der Waals surface area contributed by atoms with Crippen LogP contribution in [0, 0.1) is 5.92 Å². The summed E-state index contributed by atoms with van der Waals surface area (Å²) in [5.41, 5.74) is 7.58. The highest BCUT2D eigenvalue weighted by Crippen LogP contribution is 2.34. The van der Waals surface area contributed by atoms with Crippen molar-refractivity contribution in [3.8, 4) is 5.75 Å². The average molecular weight is 504 g/mol. The second-order valence-corrected chi connectivity index (χ2v) is 8.05. The average Bonchev–Trinajstić information content (AvgIpc) is 2.91. The number of nitrogen functional groups attached to an aromatic ring is 1. The fraction of sp³-hybridized carbons (Fsp3) is 0.179. The number of carbonyl (C=O) groups is 3. The van der Waals surface area contributed by atoms with E-state index < -0.39 is 29.9 Å². The van der Waals surface area contributed by atoms with Gasteiger partial charge in [0.25, 0.3) is 5.91 Å². The molecule has 9 nitrogen and oxygen atoms in total. The van der Waals surface area contributed by atoms with Gasteiger partial charge in [-0.1, -0.05) is 61.5 Å². The number of anilines is 2. The van der Waals surface area contributed by atoms with E-state index in [1.165, 1.54) is 6.08 Å². The lowest BCUT2D eigenvalue weighted by molar-refractivity contribution is -0.111. The van der Waals surface area contributed by atoms with E-state index in [0.717, 1.165) is 0 Å². The number of hydrogen-bond donors (Lipinski definition) is 4. The second kappa shape index (κ2) is 13.5. The fourth-order valence-electron chi connectivity index (χ4n) is 3.48. The minimum absolute atomic E-state index is 0.0353. The quantitative estimate of drug-likeness (QED) is 0.241. The van der Waals surface area contributed by atoms with Crippen LogP contribution >= 0.6 is 0 Å². The van der Waals surface area contributed by atoms with Crippen LogP contribution in [0.25, 0.3) is 0 Å².